The molecule has 2 heterocycles. The van der Waals surface area contributed by atoms with Crippen LogP contribution in [0.2, 0.25) is 0 Å². The van der Waals surface area contributed by atoms with Crippen molar-refractivity contribution in [3.63, 3.8) is 0 Å². The Bertz CT molecular complexity index is 544. The fourth-order valence-corrected chi connectivity index (χ4v) is 2.17. The highest BCUT2D eigenvalue weighted by molar-refractivity contribution is 5.99. The molecule has 1 fully saturated rings. The monoisotopic (exact) mass is 243 g/mol. The SMILES string of the molecule is N#CC1(CNc2ccc3c(c2)CC(=O)N3)COC1. The van der Waals surface area contributed by atoms with Crippen LogP contribution in [0.25, 0.3) is 0 Å². The molecule has 5 heteroatoms. The molecule has 0 bridgehead atoms. The normalized spacial score (nSPS) is 19.4. The Labute approximate surface area is 105 Å². The molecule has 2 N–H and O–H groups in total. The molecule has 3 rings (SSSR count). The second-order valence-electron chi connectivity index (χ2n) is 4.84. The summed E-state index contributed by atoms with van der Waals surface area (Å²) in [6.45, 7) is 1.55. The quantitative estimate of drug-likeness (QED) is 0.834. The van der Waals surface area contributed by atoms with E-state index in [1.54, 1.807) is 0 Å². The molecule has 18 heavy (non-hydrogen) atoms. The van der Waals surface area contributed by atoms with Crippen LogP contribution in [0.15, 0.2) is 18.2 Å². The zero-order chi connectivity index (χ0) is 12.6. The Balaban J connectivity index is 1.69. The van der Waals surface area contributed by atoms with Crippen molar-refractivity contribution in [2.75, 3.05) is 30.4 Å². The third kappa shape index (κ3) is 1.81. The number of anilines is 2. The van der Waals surface area contributed by atoms with Gasteiger partial charge < -0.3 is 15.4 Å². The highest BCUT2D eigenvalue weighted by atomic mass is 16.5. The molecule has 0 aromatic heterocycles. The predicted octanol–water partition coefficient (Wildman–Crippen LogP) is 1.13. The highest BCUT2D eigenvalue weighted by Gasteiger charge is 2.38. The maximum atomic E-state index is 11.2. The minimum absolute atomic E-state index is 0.0306. The second kappa shape index (κ2) is 4.00. The summed E-state index contributed by atoms with van der Waals surface area (Å²) in [6.07, 6.45) is 0.428. The largest absolute Gasteiger partial charge is 0.383 e. The lowest BCUT2D eigenvalue weighted by molar-refractivity contribution is -0.115. The Hall–Kier alpha value is -2.06. The van der Waals surface area contributed by atoms with Crippen LogP contribution in [0.1, 0.15) is 5.56 Å². The topological polar surface area (TPSA) is 74.2 Å². The summed E-state index contributed by atoms with van der Waals surface area (Å²) in [5, 5.41) is 15.1. The molecule has 2 aliphatic rings. The first-order valence-electron chi connectivity index (χ1n) is 5.86. The molecule has 1 aromatic carbocycles. The third-order valence-corrected chi connectivity index (χ3v) is 3.36. The van der Waals surface area contributed by atoms with Crippen molar-refractivity contribution >= 4 is 17.3 Å². The van der Waals surface area contributed by atoms with Gasteiger partial charge in [0.1, 0.15) is 5.41 Å². The molecule has 92 valence electrons. The number of hydrogen-bond acceptors (Lipinski definition) is 4. The summed E-state index contributed by atoms with van der Waals surface area (Å²) in [6, 6.07) is 8.05. The van der Waals surface area contributed by atoms with Gasteiger partial charge in [0.05, 0.1) is 25.7 Å². The summed E-state index contributed by atoms with van der Waals surface area (Å²) in [5.74, 6) is 0.0306. The number of carbonyl (C=O) groups is 1. The molecule has 1 aromatic rings. The number of fused-ring (bicyclic) bond motifs is 1. The van der Waals surface area contributed by atoms with Gasteiger partial charge in [-0.05, 0) is 23.8 Å². The van der Waals surface area contributed by atoms with Crippen molar-refractivity contribution in [3.05, 3.63) is 23.8 Å². The summed E-state index contributed by atoms with van der Waals surface area (Å²) in [4.78, 5) is 11.2. The summed E-state index contributed by atoms with van der Waals surface area (Å²) >= 11 is 0. The van der Waals surface area contributed by atoms with Crippen LogP contribution >= 0.6 is 0 Å². The summed E-state index contributed by atoms with van der Waals surface area (Å²) in [7, 11) is 0. The van der Waals surface area contributed by atoms with Crippen LogP contribution in [0.3, 0.4) is 0 Å². The molecule has 1 amide bonds. The van der Waals surface area contributed by atoms with Crippen LogP contribution in [-0.4, -0.2) is 25.7 Å². The lowest BCUT2D eigenvalue weighted by Crippen LogP contribution is -2.46. The smallest absolute Gasteiger partial charge is 0.228 e. The lowest BCUT2D eigenvalue weighted by atomic mass is 9.88. The zero-order valence-corrected chi connectivity index (χ0v) is 9.82. The average molecular weight is 243 g/mol. The molecule has 0 radical (unpaired) electrons. The van der Waals surface area contributed by atoms with Gasteiger partial charge in [-0.25, -0.2) is 0 Å². The maximum Gasteiger partial charge on any atom is 0.228 e. The molecular formula is C13H13N3O2. The Morgan fingerprint density at radius 3 is 3.00 bits per heavy atom. The number of carbonyl (C=O) groups excluding carboxylic acids is 1. The number of nitrogens with one attached hydrogen (secondary N) is 2. The molecule has 0 saturated carbocycles. The van der Waals surface area contributed by atoms with E-state index in [4.69, 9.17) is 10.00 Å². The standard InChI is InChI=1S/C13H13N3O2/c14-5-13(7-18-8-13)6-15-10-1-2-11-9(3-10)4-12(17)16-11/h1-3,15H,4,6-8H2,(H,16,17). The Morgan fingerprint density at radius 1 is 1.50 bits per heavy atom. The fraction of sp³-hybridized carbons (Fsp3) is 0.385. The first-order chi connectivity index (χ1) is 8.71. The van der Waals surface area contributed by atoms with E-state index >= 15 is 0 Å². The van der Waals surface area contributed by atoms with Crippen LogP contribution in [0.4, 0.5) is 11.4 Å². The van der Waals surface area contributed by atoms with Gasteiger partial charge in [0.15, 0.2) is 0 Å². The van der Waals surface area contributed by atoms with E-state index in [1.807, 2.05) is 18.2 Å². The van der Waals surface area contributed by atoms with E-state index in [1.165, 1.54) is 0 Å². The number of benzene rings is 1. The summed E-state index contributed by atoms with van der Waals surface area (Å²) in [5.41, 5.74) is 2.42. The van der Waals surface area contributed by atoms with E-state index in [0.717, 1.165) is 16.9 Å². The number of nitriles is 1. The van der Waals surface area contributed by atoms with Crippen molar-refractivity contribution in [3.8, 4) is 6.07 Å². The van der Waals surface area contributed by atoms with Crippen molar-refractivity contribution in [1.82, 2.24) is 0 Å². The predicted molar refractivity (Wildman–Crippen MR) is 66.1 cm³/mol. The first-order valence-corrected chi connectivity index (χ1v) is 5.86. The van der Waals surface area contributed by atoms with Gasteiger partial charge in [0.25, 0.3) is 0 Å². The summed E-state index contributed by atoms with van der Waals surface area (Å²) < 4.78 is 5.09. The van der Waals surface area contributed by atoms with Crippen molar-refractivity contribution in [2.24, 2.45) is 5.41 Å². The zero-order valence-electron chi connectivity index (χ0n) is 9.82. The van der Waals surface area contributed by atoms with Gasteiger partial charge in [-0.1, -0.05) is 0 Å². The Kier molecular flexibility index (Phi) is 2.46. The maximum absolute atomic E-state index is 11.2. The molecule has 1 saturated heterocycles. The third-order valence-electron chi connectivity index (χ3n) is 3.36. The van der Waals surface area contributed by atoms with Crippen LogP contribution in [0, 0.1) is 16.7 Å². The minimum atomic E-state index is -0.396. The molecule has 0 spiro atoms. The van der Waals surface area contributed by atoms with Gasteiger partial charge in [0.2, 0.25) is 5.91 Å². The van der Waals surface area contributed by atoms with Crippen LogP contribution in [0.5, 0.6) is 0 Å². The second-order valence-corrected chi connectivity index (χ2v) is 4.84. The highest BCUT2D eigenvalue weighted by Crippen LogP contribution is 2.29. The van der Waals surface area contributed by atoms with Crippen molar-refractivity contribution in [2.45, 2.75) is 6.42 Å². The van der Waals surface area contributed by atoms with E-state index < -0.39 is 5.41 Å². The van der Waals surface area contributed by atoms with Gasteiger partial charge >= 0.3 is 0 Å². The molecule has 5 nitrogen and oxygen atoms in total. The van der Waals surface area contributed by atoms with Gasteiger partial charge in [-0.15, -0.1) is 0 Å². The van der Waals surface area contributed by atoms with Crippen LogP contribution < -0.4 is 10.6 Å². The van der Waals surface area contributed by atoms with E-state index in [-0.39, 0.29) is 5.91 Å². The Morgan fingerprint density at radius 2 is 2.33 bits per heavy atom. The van der Waals surface area contributed by atoms with Gasteiger partial charge in [-0.2, -0.15) is 5.26 Å². The minimum Gasteiger partial charge on any atom is -0.383 e. The number of nitrogens with zero attached hydrogens (tertiary/aromatic N) is 1. The lowest BCUT2D eigenvalue weighted by Gasteiger charge is -2.35. The van der Waals surface area contributed by atoms with E-state index in [2.05, 4.69) is 16.7 Å². The number of hydrogen-bond donors (Lipinski definition) is 2. The number of amides is 1. The first kappa shape index (κ1) is 11.1. The number of rotatable bonds is 3. The number of ether oxygens (including phenoxy) is 1. The molecular weight excluding hydrogens is 230 g/mol. The molecule has 2 aliphatic heterocycles. The van der Waals surface area contributed by atoms with Gasteiger partial charge in [0, 0.05) is 17.9 Å². The van der Waals surface area contributed by atoms with Crippen molar-refractivity contribution < 1.29 is 9.53 Å². The van der Waals surface area contributed by atoms with Crippen molar-refractivity contribution in [1.29, 1.82) is 5.26 Å². The van der Waals surface area contributed by atoms with E-state index in [9.17, 15) is 4.79 Å². The molecule has 0 aliphatic carbocycles. The van der Waals surface area contributed by atoms with Gasteiger partial charge in [-0.3, -0.25) is 4.79 Å². The average Bonchev–Trinajstić information content (AvgIpc) is 2.67. The fourth-order valence-electron chi connectivity index (χ4n) is 2.17. The van der Waals surface area contributed by atoms with E-state index in [0.29, 0.717) is 26.2 Å². The molecule has 0 atom stereocenters. The van der Waals surface area contributed by atoms with Crippen LogP contribution in [-0.2, 0) is 16.0 Å². The molecule has 0 unspecified atom stereocenters.